The molecule has 1 aliphatic rings. The maximum atomic E-state index is 8.91. The van der Waals surface area contributed by atoms with Gasteiger partial charge in [0.15, 0.2) is 6.29 Å². The molecule has 0 spiro atoms. The second-order valence-electron chi connectivity index (χ2n) is 3.66. The van der Waals surface area contributed by atoms with Crippen LogP contribution in [-0.4, -0.2) is 35.7 Å². The molecule has 3 atom stereocenters. The predicted molar refractivity (Wildman–Crippen MR) is 62.2 cm³/mol. The van der Waals surface area contributed by atoms with Crippen molar-refractivity contribution in [1.29, 1.82) is 0 Å². The summed E-state index contributed by atoms with van der Waals surface area (Å²) in [4.78, 5) is 4.36. The van der Waals surface area contributed by atoms with Gasteiger partial charge < -0.3 is 14.6 Å². The van der Waals surface area contributed by atoms with E-state index in [1.807, 2.05) is 18.2 Å². The SMILES string of the molecule is OCC1COC(CC(Br)c2ccccn2)O1. The van der Waals surface area contributed by atoms with E-state index in [4.69, 9.17) is 14.6 Å². The Morgan fingerprint density at radius 2 is 2.44 bits per heavy atom. The van der Waals surface area contributed by atoms with E-state index in [2.05, 4.69) is 20.9 Å². The lowest BCUT2D eigenvalue weighted by molar-refractivity contribution is -0.0689. The lowest BCUT2D eigenvalue weighted by Crippen LogP contribution is -2.17. The first-order chi connectivity index (χ1) is 7.79. The molecular formula is C11H14BrNO3. The third kappa shape index (κ3) is 3.01. The highest BCUT2D eigenvalue weighted by molar-refractivity contribution is 9.09. The van der Waals surface area contributed by atoms with Crippen LogP contribution in [0.25, 0.3) is 0 Å². The monoisotopic (exact) mass is 287 g/mol. The van der Waals surface area contributed by atoms with E-state index in [9.17, 15) is 0 Å². The number of aliphatic hydroxyl groups is 1. The fourth-order valence-electron chi connectivity index (χ4n) is 1.58. The molecule has 5 heteroatoms. The molecule has 0 aromatic carbocycles. The van der Waals surface area contributed by atoms with Gasteiger partial charge in [-0.15, -0.1) is 0 Å². The average Bonchev–Trinajstić information content (AvgIpc) is 2.78. The predicted octanol–water partition coefficient (Wildman–Crippen LogP) is 1.64. The molecule has 2 rings (SSSR count). The van der Waals surface area contributed by atoms with Gasteiger partial charge in [0.05, 0.1) is 23.7 Å². The highest BCUT2D eigenvalue weighted by Crippen LogP contribution is 2.29. The van der Waals surface area contributed by atoms with Crippen molar-refractivity contribution in [3.05, 3.63) is 30.1 Å². The van der Waals surface area contributed by atoms with Gasteiger partial charge in [0.1, 0.15) is 6.10 Å². The third-order valence-electron chi connectivity index (χ3n) is 2.42. The molecule has 1 aromatic rings. The Labute approximate surface area is 103 Å². The summed E-state index contributed by atoms with van der Waals surface area (Å²) in [5, 5.41) is 8.91. The molecule has 0 saturated carbocycles. The zero-order chi connectivity index (χ0) is 11.4. The number of hydrogen-bond donors (Lipinski definition) is 1. The number of ether oxygens (including phenoxy) is 2. The number of alkyl halides is 1. The van der Waals surface area contributed by atoms with Crippen molar-refractivity contribution in [3.8, 4) is 0 Å². The number of rotatable bonds is 4. The van der Waals surface area contributed by atoms with Crippen molar-refractivity contribution in [2.24, 2.45) is 0 Å². The van der Waals surface area contributed by atoms with E-state index < -0.39 is 0 Å². The fraction of sp³-hybridized carbons (Fsp3) is 0.545. The zero-order valence-corrected chi connectivity index (χ0v) is 10.3. The minimum atomic E-state index is -0.261. The van der Waals surface area contributed by atoms with Gasteiger partial charge in [-0.3, -0.25) is 4.98 Å². The van der Waals surface area contributed by atoms with Crippen molar-refractivity contribution >= 4 is 15.9 Å². The minimum Gasteiger partial charge on any atom is -0.394 e. The summed E-state index contributed by atoms with van der Waals surface area (Å²) in [6, 6.07) is 5.79. The highest BCUT2D eigenvalue weighted by Gasteiger charge is 2.27. The molecule has 1 fully saturated rings. The summed E-state index contributed by atoms with van der Waals surface area (Å²) >= 11 is 3.55. The van der Waals surface area contributed by atoms with Gasteiger partial charge in [-0.25, -0.2) is 0 Å². The van der Waals surface area contributed by atoms with E-state index in [1.165, 1.54) is 0 Å². The van der Waals surface area contributed by atoms with E-state index in [-0.39, 0.29) is 23.8 Å². The lowest BCUT2D eigenvalue weighted by Gasteiger charge is -2.14. The van der Waals surface area contributed by atoms with Crippen LogP contribution in [0.2, 0.25) is 0 Å². The first-order valence-corrected chi connectivity index (χ1v) is 6.14. The summed E-state index contributed by atoms with van der Waals surface area (Å²) in [7, 11) is 0. The molecule has 1 N–H and O–H groups in total. The molecule has 1 aliphatic heterocycles. The smallest absolute Gasteiger partial charge is 0.159 e. The third-order valence-corrected chi connectivity index (χ3v) is 3.27. The zero-order valence-electron chi connectivity index (χ0n) is 8.75. The molecule has 0 amide bonds. The van der Waals surface area contributed by atoms with Crippen LogP contribution in [0.3, 0.4) is 0 Å². The van der Waals surface area contributed by atoms with Crippen LogP contribution >= 0.6 is 15.9 Å². The van der Waals surface area contributed by atoms with E-state index in [1.54, 1.807) is 6.20 Å². The van der Waals surface area contributed by atoms with E-state index in [0.717, 1.165) is 5.69 Å². The van der Waals surface area contributed by atoms with Gasteiger partial charge in [0.25, 0.3) is 0 Å². The van der Waals surface area contributed by atoms with Crippen molar-refractivity contribution in [2.45, 2.75) is 23.6 Å². The maximum Gasteiger partial charge on any atom is 0.159 e. The second kappa shape index (κ2) is 5.72. The molecular weight excluding hydrogens is 274 g/mol. The largest absolute Gasteiger partial charge is 0.394 e. The fourth-order valence-corrected chi connectivity index (χ4v) is 2.15. The molecule has 16 heavy (non-hydrogen) atoms. The number of aliphatic hydroxyl groups excluding tert-OH is 1. The van der Waals surface area contributed by atoms with Crippen LogP contribution in [0, 0.1) is 0 Å². The van der Waals surface area contributed by atoms with Crippen LogP contribution in [0.5, 0.6) is 0 Å². The molecule has 4 nitrogen and oxygen atoms in total. The summed E-state index contributed by atoms with van der Waals surface area (Å²) < 4.78 is 10.9. The first kappa shape index (κ1) is 12.0. The molecule has 1 saturated heterocycles. The van der Waals surface area contributed by atoms with Gasteiger partial charge >= 0.3 is 0 Å². The number of halogens is 1. The summed E-state index contributed by atoms with van der Waals surface area (Å²) in [6.07, 6.45) is 2.00. The van der Waals surface area contributed by atoms with Gasteiger partial charge in [-0.05, 0) is 12.1 Å². The number of aromatic nitrogens is 1. The number of pyridine rings is 1. The van der Waals surface area contributed by atoms with Gasteiger partial charge in [0.2, 0.25) is 0 Å². The van der Waals surface area contributed by atoms with Crippen LogP contribution in [-0.2, 0) is 9.47 Å². The molecule has 0 bridgehead atoms. The normalized spacial score (nSPS) is 26.9. The number of nitrogens with zero attached hydrogens (tertiary/aromatic N) is 1. The Hall–Kier alpha value is -0.490. The maximum absolute atomic E-state index is 8.91. The molecule has 0 radical (unpaired) electrons. The van der Waals surface area contributed by atoms with Gasteiger partial charge in [-0.1, -0.05) is 22.0 Å². The average molecular weight is 288 g/mol. The van der Waals surface area contributed by atoms with Crippen molar-refractivity contribution in [3.63, 3.8) is 0 Å². The highest BCUT2D eigenvalue weighted by atomic mass is 79.9. The minimum absolute atomic E-state index is 0.00698. The van der Waals surface area contributed by atoms with Crippen molar-refractivity contribution < 1.29 is 14.6 Å². The van der Waals surface area contributed by atoms with Crippen LogP contribution < -0.4 is 0 Å². The summed E-state index contributed by atoms with van der Waals surface area (Å²) in [5.74, 6) is 0. The van der Waals surface area contributed by atoms with Gasteiger partial charge in [-0.2, -0.15) is 0 Å². The Kier molecular flexibility index (Phi) is 4.29. The van der Waals surface area contributed by atoms with Crippen LogP contribution in [0.1, 0.15) is 16.9 Å². The molecule has 3 unspecified atom stereocenters. The molecule has 2 heterocycles. The van der Waals surface area contributed by atoms with Gasteiger partial charge in [0, 0.05) is 12.6 Å². The summed E-state index contributed by atoms with van der Waals surface area (Å²) in [5.41, 5.74) is 0.960. The molecule has 0 aliphatic carbocycles. The Bertz CT molecular complexity index is 322. The Morgan fingerprint density at radius 1 is 1.56 bits per heavy atom. The number of hydrogen-bond acceptors (Lipinski definition) is 4. The standard InChI is InChI=1S/C11H14BrNO3/c12-9(10-3-1-2-4-13-10)5-11-15-7-8(6-14)16-11/h1-4,8-9,11,14H,5-7H2. The van der Waals surface area contributed by atoms with E-state index >= 15 is 0 Å². The Balaban J connectivity index is 1.86. The first-order valence-electron chi connectivity index (χ1n) is 5.22. The van der Waals surface area contributed by atoms with E-state index in [0.29, 0.717) is 13.0 Å². The van der Waals surface area contributed by atoms with Crippen molar-refractivity contribution in [2.75, 3.05) is 13.2 Å². The Morgan fingerprint density at radius 3 is 3.06 bits per heavy atom. The van der Waals surface area contributed by atoms with Crippen LogP contribution in [0.4, 0.5) is 0 Å². The van der Waals surface area contributed by atoms with Crippen molar-refractivity contribution in [1.82, 2.24) is 4.98 Å². The summed E-state index contributed by atoms with van der Waals surface area (Å²) in [6.45, 7) is 0.468. The lowest BCUT2D eigenvalue weighted by atomic mass is 10.2. The molecule has 88 valence electrons. The second-order valence-corrected chi connectivity index (χ2v) is 4.77. The quantitative estimate of drug-likeness (QED) is 0.856. The topological polar surface area (TPSA) is 51.6 Å². The van der Waals surface area contributed by atoms with Crippen LogP contribution in [0.15, 0.2) is 24.4 Å². The molecule has 1 aromatic heterocycles.